The smallest absolute Gasteiger partial charge is 0.333 e. The first kappa shape index (κ1) is 39.4. The van der Waals surface area contributed by atoms with Crippen LogP contribution in [-0.4, -0.2) is 11.4 Å². The van der Waals surface area contributed by atoms with Crippen molar-refractivity contribution in [1.29, 1.82) is 0 Å². The second-order valence-electron chi connectivity index (χ2n) is 23.5. The third-order valence-corrected chi connectivity index (χ3v) is 18.5. The fourth-order valence-corrected chi connectivity index (χ4v) is 14.9. The Hall–Kier alpha value is -6.56. The van der Waals surface area contributed by atoms with Crippen LogP contribution in [0.4, 0.5) is 11.4 Å². The molecule has 2 aliphatic carbocycles. The van der Waals surface area contributed by atoms with Crippen molar-refractivity contribution in [3.05, 3.63) is 161 Å². The van der Waals surface area contributed by atoms with E-state index in [0.29, 0.717) is 0 Å². The topological polar surface area (TPSA) is 21.3 Å². The Labute approximate surface area is 402 Å². The summed E-state index contributed by atoms with van der Waals surface area (Å²) in [4.78, 5) is 2.72. The monoisotopic (exact) mass is 896 g/mol. The van der Waals surface area contributed by atoms with Crippen LogP contribution >= 0.6 is 11.3 Å². The lowest BCUT2D eigenvalue weighted by Gasteiger charge is -2.43. The minimum absolute atomic E-state index is 0.0225. The van der Waals surface area contributed by atoms with E-state index in [0.717, 1.165) is 28.4 Å². The fourth-order valence-electron chi connectivity index (χ4n) is 13.8. The quantitative estimate of drug-likeness (QED) is 0.153. The number of nitrogens with zero attached hydrogens (tertiary/aromatic N) is 2. The van der Waals surface area contributed by atoms with Crippen LogP contribution in [-0.2, 0) is 21.7 Å². The van der Waals surface area contributed by atoms with Crippen LogP contribution in [0, 0.1) is 0 Å². The summed E-state index contributed by atoms with van der Waals surface area (Å²) in [6.45, 7) is 21.7. The van der Waals surface area contributed by atoms with Crippen LogP contribution in [0.15, 0.2) is 138 Å². The number of benzene rings is 8. The van der Waals surface area contributed by atoms with Gasteiger partial charge in [-0.15, -0.1) is 11.3 Å². The minimum Gasteiger partial charge on any atom is -0.456 e. The Kier molecular flexibility index (Phi) is 7.28. The van der Waals surface area contributed by atoms with Crippen molar-refractivity contribution in [3.8, 4) is 27.9 Å². The van der Waals surface area contributed by atoms with Gasteiger partial charge in [0, 0.05) is 69.8 Å². The van der Waals surface area contributed by atoms with E-state index in [-0.39, 0.29) is 28.5 Å². The summed E-state index contributed by atoms with van der Waals surface area (Å²) in [6.07, 6.45) is 2.33. The molecule has 0 N–H and O–H groups in total. The Morgan fingerprint density at radius 3 is 2.06 bits per heavy atom. The van der Waals surface area contributed by atoms with Gasteiger partial charge in [-0.25, -0.2) is 0 Å². The molecule has 5 heterocycles. The molecule has 68 heavy (non-hydrogen) atoms. The van der Waals surface area contributed by atoms with Gasteiger partial charge in [0.05, 0.1) is 11.0 Å². The zero-order valence-corrected chi connectivity index (χ0v) is 41.2. The van der Waals surface area contributed by atoms with Crippen LogP contribution in [0.5, 0.6) is 0 Å². The van der Waals surface area contributed by atoms with Crippen LogP contribution < -0.4 is 15.7 Å². The molecule has 0 atom stereocenters. The molecule has 5 heteroatoms. The van der Waals surface area contributed by atoms with E-state index >= 15 is 0 Å². The van der Waals surface area contributed by atoms with Crippen molar-refractivity contribution in [1.82, 2.24) is 4.57 Å². The molecule has 3 aromatic heterocycles. The molecule has 0 saturated heterocycles. The molecule has 4 aliphatic rings. The van der Waals surface area contributed by atoms with Crippen molar-refractivity contribution >= 4 is 104 Å². The second kappa shape index (κ2) is 12.6. The molecule has 3 nitrogen and oxygen atoms in total. The SMILES string of the molecule is CC(C)(C)c1ccc(N2B3c4cc5oc6ccccc6c5cc4-n4c5cc6c(cc5c5c7c(c(c3c54)-c3cc4c(cc32)sc2ccccc24)-c2ccccc2C7(C)C)C(C)(C)CCC6(C)C)cc1. The number of fused-ring (bicyclic) bond motifs is 20. The first-order valence-corrected chi connectivity index (χ1v) is 25.6. The van der Waals surface area contributed by atoms with Crippen molar-refractivity contribution in [2.45, 2.75) is 96.8 Å². The predicted molar refractivity (Wildman–Crippen MR) is 292 cm³/mol. The lowest BCUT2D eigenvalue weighted by Crippen LogP contribution is -2.60. The predicted octanol–water partition coefficient (Wildman–Crippen LogP) is 16.2. The van der Waals surface area contributed by atoms with Crippen molar-refractivity contribution < 1.29 is 4.42 Å². The summed E-state index contributed by atoms with van der Waals surface area (Å²) in [7, 11) is 0. The number of hydrogen-bond donors (Lipinski definition) is 0. The van der Waals surface area contributed by atoms with Crippen LogP contribution in [0.2, 0.25) is 0 Å². The van der Waals surface area contributed by atoms with E-state index in [1.807, 2.05) is 11.3 Å². The highest BCUT2D eigenvalue weighted by Crippen LogP contribution is 2.60. The number of para-hydroxylation sites is 1. The Bertz CT molecular complexity index is 4110. The van der Waals surface area contributed by atoms with Gasteiger partial charge in [-0.3, -0.25) is 0 Å². The number of rotatable bonds is 1. The Balaban J connectivity index is 1.21. The molecular weight excluding hydrogens is 844 g/mol. The first-order chi connectivity index (χ1) is 32.6. The largest absolute Gasteiger partial charge is 0.456 e. The van der Waals surface area contributed by atoms with E-state index in [9.17, 15) is 0 Å². The molecular formula is C63H53BN2OS. The van der Waals surface area contributed by atoms with Crippen molar-refractivity contribution in [2.75, 3.05) is 4.81 Å². The van der Waals surface area contributed by atoms with Gasteiger partial charge in [0.1, 0.15) is 11.2 Å². The lowest BCUT2D eigenvalue weighted by molar-refractivity contribution is 0.332. The summed E-state index contributed by atoms with van der Waals surface area (Å²) in [6, 6.07) is 51.9. The van der Waals surface area contributed by atoms with Gasteiger partial charge in [-0.05, 0) is 145 Å². The van der Waals surface area contributed by atoms with E-state index < -0.39 is 0 Å². The third kappa shape index (κ3) is 4.81. The molecule has 2 aliphatic heterocycles. The number of furan rings is 1. The molecule has 330 valence electrons. The number of aromatic nitrogens is 1. The molecule has 0 spiro atoms. The molecule has 8 aromatic carbocycles. The van der Waals surface area contributed by atoms with Gasteiger partial charge >= 0.3 is 6.85 Å². The zero-order valence-electron chi connectivity index (χ0n) is 40.4. The summed E-state index contributed by atoms with van der Waals surface area (Å²) in [5, 5.41) is 7.77. The third-order valence-electron chi connectivity index (χ3n) is 17.3. The highest BCUT2D eigenvalue weighted by molar-refractivity contribution is 7.25. The van der Waals surface area contributed by atoms with E-state index in [2.05, 4.69) is 205 Å². The average Bonchev–Trinajstić information content (AvgIpc) is 4.04. The van der Waals surface area contributed by atoms with Gasteiger partial charge in [0.2, 0.25) is 0 Å². The van der Waals surface area contributed by atoms with Crippen LogP contribution in [0.25, 0.3) is 91.9 Å². The summed E-state index contributed by atoms with van der Waals surface area (Å²) < 4.78 is 12.3. The maximum atomic E-state index is 6.89. The van der Waals surface area contributed by atoms with E-state index in [1.165, 1.54) is 126 Å². The van der Waals surface area contributed by atoms with Gasteiger partial charge < -0.3 is 13.8 Å². The first-order valence-electron chi connectivity index (χ1n) is 24.7. The standard InChI is InChI=1S/C63H53BN2OS/c1-60(2,3)34-22-24-35(25-23-34)66-48-33-53-40(37-17-12-15-21-52(37)68-53)28-41(48)55-54-38-18-10-13-19-43(38)63(8,9)57(54)56-42-29-44-45(62(6,7)27-26-61(44,4)5)31-47(42)65-49-30-39-36-16-11-14-20-50(36)67-51(39)32-46(49)64(66)58(55)59(56)65/h10-25,28-33H,26-27H2,1-9H3. The normalized spacial score (nSPS) is 17.1. The van der Waals surface area contributed by atoms with E-state index in [4.69, 9.17) is 4.42 Å². The molecule has 15 rings (SSSR count). The fraction of sp³-hybridized carbons (Fsp3) is 0.238. The van der Waals surface area contributed by atoms with E-state index in [1.54, 1.807) is 0 Å². The van der Waals surface area contributed by atoms with Gasteiger partial charge in [-0.2, -0.15) is 0 Å². The van der Waals surface area contributed by atoms with Crippen molar-refractivity contribution in [2.24, 2.45) is 0 Å². The molecule has 0 bridgehead atoms. The molecule has 11 aromatic rings. The summed E-state index contributed by atoms with van der Waals surface area (Å²) in [5.74, 6) is 0. The molecule has 0 saturated carbocycles. The maximum Gasteiger partial charge on any atom is 0.333 e. The second-order valence-corrected chi connectivity index (χ2v) is 24.6. The highest BCUT2D eigenvalue weighted by Gasteiger charge is 2.51. The Morgan fingerprint density at radius 1 is 0.574 bits per heavy atom. The van der Waals surface area contributed by atoms with Gasteiger partial charge in [-0.1, -0.05) is 135 Å². The van der Waals surface area contributed by atoms with Crippen LogP contribution in [0.3, 0.4) is 0 Å². The minimum atomic E-state index is -0.259. The highest BCUT2D eigenvalue weighted by atomic mass is 32.1. The molecule has 0 amide bonds. The molecule has 0 fully saturated rings. The number of hydrogen-bond acceptors (Lipinski definition) is 3. The van der Waals surface area contributed by atoms with Gasteiger partial charge in [0.15, 0.2) is 0 Å². The summed E-state index contributed by atoms with van der Waals surface area (Å²) >= 11 is 1.91. The lowest BCUT2D eigenvalue weighted by atomic mass is 9.43. The zero-order chi connectivity index (χ0) is 46.1. The number of thiophene rings is 1. The van der Waals surface area contributed by atoms with Crippen LogP contribution in [0.1, 0.15) is 103 Å². The van der Waals surface area contributed by atoms with Crippen molar-refractivity contribution in [3.63, 3.8) is 0 Å². The Morgan fingerprint density at radius 2 is 1.28 bits per heavy atom. The van der Waals surface area contributed by atoms with Gasteiger partial charge in [0.25, 0.3) is 0 Å². The summed E-state index contributed by atoms with van der Waals surface area (Å²) in [5.41, 5.74) is 23.4. The number of anilines is 2. The maximum absolute atomic E-state index is 6.89. The average molecular weight is 897 g/mol. The molecule has 0 unspecified atom stereocenters. The molecule has 0 radical (unpaired) electrons.